The first-order chi connectivity index (χ1) is 11.2. The van der Waals surface area contributed by atoms with E-state index in [4.69, 9.17) is 4.74 Å². The van der Waals surface area contributed by atoms with Crippen molar-refractivity contribution < 1.29 is 9.53 Å². The molecule has 23 heavy (non-hydrogen) atoms. The first-order valence-electron chi connectivity index (χ1n) is 7.57. The summed E-state index contributed by atoms with van der Waals surface area (Å²) in [7, 11) is 1.74. The Morgan fingerprint density at radius 3 is 3.17 bits per heavy atom. The number of hydrogen-bond donors (Lipinski definition) is 1. The van der Waals surface area contributed by atoms with E-state index in [-0.39, 0.29) is 11.9 Å². The highest BCUT2D eigenvalue weighted by Crippen LogP contribution is 2.22. The molecular formula is C16H17N5O2. The number of carbonyl (C=O) groups is 1. The van der Waals surface area contributed by atoms with E-state index in [0.717, 1.165) is 29.6 Å². The fourth-order valence-corrected chi connectivity index (χ4v) is 2.82. The monoisotopic (exact) mass is 311 g/mol. The highest BCUT2D eigenvalue weighted by molar-refractivity contribution is 6.05. The number of H-pyrrole nitrogens is 1. The number of nitrogens with one attached hydrogen (secondary N) is 1. The van der Waals surface area contributed by atoms with Gasteiger partial charge in [-0.1, -0.05) is 11.3 Å². The molecule has 1 saturated heterocycles. The zero-order chi connectivity index (χ0) is 15.8. The van der Waals surface area contributed by atoms with E-state index in [1.54, 1.807) is 22.8 Å². The predicted octanol–water partition coefficient (Wildman–Crippen LogP) is 2.00. The maximum atomic E-state index is 12.6. The van der Waals surface area contributed by atoms with Crippen LogP contribution in [0.4, 0.5) is 5.69 Å². The molecular weight excluding hydrogens is 294 g/mol. The quantitative estimate of drug-likeness (QED) is 0.802. The molecule has 0 aliphatic carbocycles. The van der Waals surface area contributed by atoms with Gasteiger partial charge in [0.05, 0.1) is 18.8 Å². The minimum atomic E-state index is -0.180. The van der Waals surface area contributed by atoms with Gasteiger partial charge in [0.25, 0.3) is 5.91 Å². The van der Waals surface area contributed by atoms with Gasteiger partial charge in [-0.05, 0) is 30.0 Å². The Morgan fingerprint density at radius 2 is 2.35 bits per heavy atom. The number of carbonyl (C=O) groups excluding carboxylic acids is 1. The number of rotatable bonds is 3. The van der Waals surface area contributed by atoms with Gasteiger partial charge >= 0.3 is 0 Å². The maximum absolute atomic E-state index is 12.6. The number of aromatic amines is 1. The van der Waals surface area contributed by atoms with Crippen LogP contribution in [0.25, 0.3) is 10.9 Å². The summed E-state index contributed by atoms with van der Waals surface area (Å²) < 4.78 is 7.07. The molecule has 1 aromatic carbocycles. The van der Waals surface area contributed by atoms with Gasteiger partial charge in [0.2, 0.25) is 0 Å². The van der Waals surface area contributed by atoms with Crippen molar-refractivity contribution in [2.75, 3.05) is 25.2 Å². The normalized spacial score (nSPS) is 17.7. The van der Waals surface area contributed by atoms with Crippen molar-refractivity contribution in [1.29, 1.82) is 0 Å². The molecule has 4 rings (SSSR count). The first-order valence-corrected chi connectivity index (χ1v) is 7.57. The Morgan fingerprint density at radius 1 is 1.43 bits per heavy atom. The molecule has 3 heterocycles. The molecule has 1 unspecified atom stereocenters. The van der Waals surface area contributed by atoms with E-state index >= 15 is 0 Å². The second-order valence-corrected chi connectivity index (χ2v) is 5.71. The van der Waals surface area contributed by atoms with Crippen molar-refractivity contribution >= 4 is 22.5 Å². The van der Waals surface area contributed by atoms with Crippen LogP contribution in [0.3, 0.4) is 0 Å². The third kappa shape index (κ3) is 2.49. The molecule has 0 saturated carbocycles. The molecule has 3 aromatic rings. The SMILES string of the molecule is CN(C(=O)c1cn(C2CCOC2)nn1)c1ccc2cc[nH]c2c1. The molecule has 1 atom stereocenters. The lowest BCUT2D eigenvalue weighted by Crippen LogP contribution is -2.26. The molecule has 0 radical (unpaired) electrons. The van der Waals surface area contributed by atoms with Crippen LogP contribution in [-0.2, 0) is 4.74 Å². The summed E-state index contributed by atoms with van der Waals surface area (Å²) in [4.78, 5) is 17.4. The van der Waals surface area contributed by atoms with Gasteiger partial charge < -0.3 is 14.6 Å². The lowest BCUT2D eigenvalue weighted by atomic mass is 10.2. The number of aromatic nitrogens is 4. The molecule has 1 N–H and O–H groups in total. The smallest absolute Gasteiger partial charge is 0.280 e. The van der Waals surface area contributed by atoms with Crippen molar-refractivity contribution in [3.8, 4) is 0 Å². The fourth-order valence-electron chi connectivity index (χ4n) is 2.82. The Kier molecular flexibility index (Phi) is 3.34. The van der Waals surface area contributed by atoms with Crippen molar-refractivity contribution in [1.82, 2.24) is 20.0 Å². The van der Waals surface area contributed by atoms with Gasteiger partial charge in [-0.2, -0.15) is 0 Å². The van der Waals surface area contributed by atoms with E-state index < -0.39 is 0 Å². The first kappa shape index (κ1) is 14.0. The number of hydrogen-bond acceptors (Lipinski definition) is 4. The van der Waals surface area contributed by atoms with Gasteiger partial charge in [0.1, 0.15) is 0 Å². The lowest BCUT2D eigenvalue weighted by Gasteiger charge is -2.15. The number of amides is 1. The van der Waals surface area contributed by atoms with Gasteiger partial charge in [-0.25, -0.2) is 4.68 Å². The van der Waals surface area contributed by atoms with E-state index in [0.29, 0.717) is 12.3 Å². The maximum Gasteiger partial charge on any atom is 0.280 e. The molecule has 0 bridgehead atoms. The largest absolute Gasteiger partial charge is 0.379 e. The zero-order valence-electron chi connectivity index (χ0n) is 12.8. The van der Waals surface area contributed by atoms with Gasteiger partial charge in [-0.15, -0.1) is 5.10 Å². The Hall–Kier alpha value is -2.67. The van der Waals surface area contributed by atoms with Crippen molar-refractivity contribution in [3.05, 3.63) is 42.4 Å². The summed E-state index contributed by atoms with van der Waals surface area (Å²) in [6.07, 6.45) is 4.48. The highest BCUT2D eigenvalue weighted by atomic mass is 16.5. The summed E-state index contributed by atoms with van der Waals surface area (Å²) >= 11 is 0. The van der Waals surface area contributed by atoms with Crippen molar-refractivity contribution in [2.45, 2.75) is 12.5 Å². The summed E-state index contributed by atoms with van der Waals surface area (Å²) in [5.41, 5.74) is 2.14. The summed E-state index contributed by atoms with van der Waals surface area (Å²) in [6.45, 7) is 1.35. The van der Waals surface area contributed by atoms with E-state index in [9.17, 15) is 4.79 Å². The van der Waals surface area contributed by atoms with Crippen molar-refractivity contribution in [3.63, 3.8) is 0 Å². The number of ether oxygens (including phenoxy) is 1. The average molecular weight is 311 g/mol. The van der Waals surface area contributed by atoms with Crippen LogP contribution in [0.2, 0.25) is 0 Å². The number of nitrogens with zero attached hydrogens (tertiary/aromatic N) is 4. The molecule has 118 valence electrons. The molecule has 1 amide bonds. The van der Waals surface area contributed by atoms with Crippen LogP contribution >= 0.6 is 0 Å². The second kappa shape index (κ2) is 5.51. The average Bonchev–Trinajstić information content (AvgIpc) is 3.32. The highest BCUT2D eigenvalue weighted by Gasteiger charge is 2.22. The number of fused-ring (bicyclic) bond motifs is 1. The molecule has 1 aliphatic heterocycles. The van der Waals surface area contributed by atoms with Crippen LogP contribution in [-0.4, -0.2) is 46.1 Å². The van der Waals surface area contributed by atoms with E-state index in [1.807, 2.05) is 30.5 Å². The predicted molar refractivity (Wildman–Crippen MR) is 85.5 cm³/mol. The Bertz CT molecular complexity index is 847. The number of benzene rings is 1. The fraction of sp³-hybridized carbons (Fsp3) is 0.312. The van der Waals surface area contributed by atoms with Crippen LogP contribution in [0.1, 0.15) is 23.0 Å². The van der Waals surface area contributed by atoms with Gasteiger partial charge in [0, 0.05) is 31.1 Å². The molecule has 2 aromatic heterocycles. The second-order valence-electron chi connectivity index (χ2n) is 5.71. The number of anilines is 1. The minimum Gasteiger partial charge on any atom is -0.379 e. The van der Waals surface area contributed by atoms with Gasteiger partial charge in [0.15, 0.2) is 5.69 Å². The molecule has 7 nitrogen and oxygen atoms in total. The Balaban J connectivity index is 1.57. The van der Waals surface area contributed by atoms with Gasteiger partial charge in [-0.3, -0.25) is 4.79 Å². The minimum absolute atomic E-state index is 0.171. The third-order valence-electron chi connectivity index (χ3n) is 4.24. The molecule has 7 heteroatoms. The van der Waals surface area contributed by atoms with Crippen LogP contribution in [0, 0.1) is 0 Å². The van der Waals surface area contributed by atoms with Crippen LogP contribution < -0.4 is 4.90 Å². The molecule has 1 aliphatic rings. The van der Waals surface area contributed by atoms with Crippen molar-refractivity contribution in [2.24, 2.45) is 0 Å². The van der Waals surface area contributed by atoms with Crippen LogP contribution in [0.5, 0.6) is 0 Å². The third-order valence-corrected chi connectivity index (χ3v) is 4.24. The zero-order valence-corrected chi connectivity index (χ0v) is 12.8. The Labute approximate surface area is 132 Å². The molecule has 0 spiro atoms. The topological polar surface area (TPSA) is 76.0 Å². The van der Waals surface area contributed by atoms with Crippen LogP contribution in [0.15, 0.2) is 36.7 Å². The summed E-state index contributed by atoms with van der Waals surface area (Å²) in [6, 6.07) is 8.02. The standard InChI is InChI=1S/C16H17N5O2/c1-20(12-3-2-11-4-6-17-14(11)8-12)16(22)15-9-21(19-18-15)13-5-7-23-10-13/h2-4,6,8-9,13,17H,5,7,10H2,1H3. The summed E-state index contributed by atoms with van der Waals surface area (Å²) in [5.74, 6) is -0.180. The van der Waals surface area contributed by atoms with E-state index in [2.05, 4.69) is 15.3 Å². The lowest BCUT2D eigenvalue weighted by molar-refractivity contribution is 0.0988. The summed E-state index contributed by atoms with van der Waals surface area (Å²) in [5, 5.41) is 9.20. The molecule has 1 fully saturated rings. The van der Waals surface area contributed by atoms with E-state index in [1.165, 1.54) is 0 Å².